The third-order valence-electron chi connectivity index (χ3n) is 6.32. The van der Waals surface area contributed by atoms with Crippen LogP contribution in [0.3, 0.4) is 0 Å². The molecule has 2 unspecified atom stereocenters. The summed E-state index contributed by atoms with van der Waals surface area (Å²) in [6.07, 6.45) is 4.40. The van der Waals surface area contributed by atoms with Crippen molar-refractivity contribution < 1.29 is 9.53 Å². The monoisotopic (exact) mass is 449 g/mol. The Kier molecular flexibility index (Phi) is 6.36. The molecule has 0 saturated heterocycles. The first-order valence-corrected chi connectivity index (χ1v) is 11.6. The number of aromatic nitrogens is 1. The van der Waals surface area contributed by atoms with Gasteiger partial charge in [0.15, 0.2) is 0 Å². The zero-order chi connectivity index (χ0) is 23.3. The Morgan fingerprint density at radius 1 is 1.00 bits per heavy atom. The largest absolute Gasteiger partial charge is 0.439 e. The summed E-state index contributed by atoms with van der Waals surface area (Å²) in [5.74, 6) is 0.670. The molecule has 0 saturated carbocycles. The van der Waals surface area contributed by atoms with Crippen molar-refractivity contribution in [3.05, 3.63) is 125 Å². The summed E-state index contributed by atoms with van der Waals surface area (Å²) >= 11 is 0. The molecule has 1 amide bonds. The average molecular weight is 450 g/mol. The van der Waals surface area contributed by atoms with Crippen LogP contribution in [0.2, 0.25) is 0 Å². The lowest BCUT2D eigenvalue weighted by Gasteiger charge is -2.25. The van der Waals surface area contributed by atoms with Gasteiger partial charge >= 0.3 is 0 Å². The van der Waals surface area contributed by atoms with Crippen molar-refractivity contribution in [3.8, 4) is 11.6 Å². The van der Waals surface area contributed by atoms with Crippen molar-refractivity contribution in [1.82, 2.24) is 10.3 Å². The molecular weight excluding hydrogens is 422 g/mol. The zero-order valence-corrected chi connectivity index (χ0v) is 18.9. The third-order valence-corrected chi connectivity index (χ3v) is 6.32. The Morgan fingerprint density at radius 2 is 1.76 bits per heavy atom. The number of hydrogen-bond donors (Lipinski definition) is 2. The first-order valence-electron chi connectivity index (χ1n) is 11.6. The number of primary amides is 1. The first-order chi connectivity index (χ1) is 16.7. The van der Waals surface area contributed by atoms with Crippen LogP contribution in [-0.4, -0.2) is 10.9 Å². The van der Waals surface area contributed by atoms with E-state index < -0.39 is 5.91 Å². The number of hydrogen-bond acceptors (Lipinski definition) is 4. The molecule has 170 valence electrons. The number of carbonyl (C=O) groups excluding carboxylic acids is 1. The van der Waals surface area contributed by atoms with E-state index in [0.29, 0.717) is 11.4 Å². The Balaban J connectivity index is 1.32. The van der Waals surface area contributed by atoms with E-state index in [4.69, 9.17) is 10.5 Å². The van der Waals surface area contributed by atoms with Crippen LogP contribution in [0, 0.1) is 0 Å². The van der Waals surface area contributed by atoms with E-state index >= 15 is 0 Å². The lowest BCUT2D eigenvalue weighted by atomic mass is 9.97. The van der Waals surface area contributed by atoms with Gasteiger partial charge in [0.05, 0.1) is 5.56 Å². The number of pyridine rings is 1. The van der Waals surface area contributed by atoms with Crippen molar-refractivity contribution >= 4 is 5.91 Å². The molecule has 5 nitrogen and oxygen atoms in total. The highest BCUT2D eigenvalue weighted by Gasteiger charge is 2.26. The van der Waals surface area contributed by atoms with E-state index in [1.165, 1.54) is 28.5 Å². The van der Waals surface area contributed by atoms with Crippen LogP contribution in [-0.2, 0) is 12.8 Å². The summed E-state index contributed by atoms with van der Waals surface area (Å²) in [7, 11) is 0. The summed E-state index contributed by atoms with van der Waals surface area (Å²) < 4.78 is 5.92. The quantitative estimate of drug-likeness (QED) is 0.371. The van der Waals surface area contributed by atoms with Gasteiger partial charge in [-0.1, -0.05) is 66.7 Å². The Bertz CT molecular complexity index is 1260. The summed E-state index contributed by atoms with van der Waals surface area (Å²) in [6.45, 7) is 0. The number of benzene rings is 3. The maximum absolute atomic E-state index is 11.2. The van der Waals surface area contributed by atoms with Gasteiger partial charge in [0.25, 0.3) is 0 Å². The minimum atomic E-state index is -0.504. The predicted octanol–water partition coefficient (Wildman–Crippen LogP) is 5.53. The van der Waals surface area contributed by atoms with Gasteiger partial charge in [-0.15, -0.1) is 0 Å². The smallest absolute Gasteiger partial charge is 0.250 e. The maximum atomic E-state index is 11.2. The fraction of sp³-hybridized carbons (Fsp3) is 0.172. The van der Waals surface area contributed by atoms with Crippen LogP contribution in [0.5, 0.6) is 11.6 Å². The summed E-state index contributed by atoms with van der Waals surface area (Å²) in [5.41, 5.74) is 10.9. The number of amides is 1. The summed E-state index contributed by atoms with van der Waals surface area (Å²) in [6, 6.07) is 31.3. The fourth-order valence-corrected chi connectivity index (χ4v) is 4.59. The van der Waals surface area contributed by atoms with Crippen LogP contribution >= 0.6 is 0 Å². The van der Waals surface area contributed by atoms with Crippen molar-refractivity contribution in [2.24, 2.45) is 5.73 Å². The minimum absolute atomic E-state index is 0.225. The molecule has 3 N–H and O–H groups in total. The second kappa shape index (κ2) is 9.89. The Labute approximate surface area is 199 Å². The van der Waals surface area contributed by atoms with E-state index in [-0.39, 0.29) is 12.1 Å². The fourth-order valence-electron chi connectivity index (χ4n) is 4.59. The molecule has 0 spiro atoms. The number of carbonyl (C=O) groups is 1. The molecule has 1 aliphatic carbocycles. The second-order valence-electron chi connectivity index (χ2n) is 8.62. The Morgan fingerprint density at radius 3 is 2.47 bits per heavy atom. The first kappa shape index (κ1) is 21.9. The molecule has 0 radical (unpaired) electrons. The molecule has 2 atom stereocenters. The molecular formula is C29H27N3O2. The Hall–Kier alpha value is -3.96. The molecule has 1 aliphatic rings. The number of fused-ring (bicyclic) bond motifs is 1. The lowest BCUT2D eigenvalue weighted by molar-refractivity contribution is 0.1000. The van der Waals surface area contributed by atoms with E-state index in [0.717, 1.165) is 25.0 Å². The minimum Gasteiger partial charge on any atom is -0.439 e. The SMILES string of the molecule is NC(=O)c1ccc(Oc2ccc3c(c2)CCC3NC(Cc2ccccc2)c2ccccc2)nc1. The van der Waals surface area contributed by atoms with Gasteiger partial charge in [0, 0.05) is 24.3 Å². The standard InChI is InChI=1S/C29H27N3O2/c30-29(33)23-12-16-28(31-19-23)34-24-13-14-25-22(18-24)11-15-26(25)32-27(21-9-5-2-6-10-21)17-20-7-3-1-4-8-20/h1-10,12-14,16,18-19,26-27,32H,11,15,17H2,(H2,30,33). The second-order valence-corrected chi connectivity index (χ2v) is 8.62. The highest BCUT2D eigenvalue weighted by molar-refractivity contribution is 5.92. The van der Waals surface area contributed by atoms with E-state index in [1.807, 2.05) is 6.07 Å². The molecule has 0 aliphatic heterocycles. The average Bonchev–Trinajstić information content (AvgIpc) is 3.27. The number of nitrogens with zero attached hydrogens (tertiary/aromatic N) is 1. The van der Waals surface area contributed by atoms with Crippen LogP contribution < -0.4 is 15.8 Å². The molecule has 0 fully saturated rings. The van der Waals surface area contributed by atoms with Gasteiger partial charge < -0.3 is 15.8 Å². The molecule has 1 heterocycles. The van der Waals surface area contributed by atoms with Gasteiger partial charge in [-0.05, 0) is 59.7 Å². The van der Waals surface area contributed by atoms with E-state index in [9.17, 15) is 4.79 Å². The van der Waals surface area contributed by atoms with E-state index in [1.54, 1.807) is 12.1 Å². The summed E-state index contributed by atoms with van der Waals surface area (Å²) in [5, 5.41) is 3.93. The topological polar surface area (TPSA) is 77.2 Å². The normalized spacial score (nSPS) is 15.5. The molecule has 0 bridgehead atoms. The van der Waals surface area contributed by atoms with Gasteiger partial charge in [-0.3, -0.25) is 4.79 Å². The van der Waals surface area contributed by atoms with Gasteiger partial charge in [-0.2, -0.15) is 0 Å². The zero-order valence-electron chi connectivity index (χ0n) is 18.9. The van der Waals surface area contributed by atoms with Crippen LogP contribution in [0.4, 0.5) is 0 Å². The number of nitrogens with two attached hydrogens (primary N) is 1. The number of ether oxygens (including phenoxy) is 1. The highest BCUT2D eigenvalue weighted by Crippen LogP contribution is 2.36. The van der Waals surface area contributed by atoms with Gasteiger partial charge in [-0.25, -0.2) is 4.98 Å². The van der Waals surface area contributed by atoms with E-state index in [2.05, 4.69) is 83.1 Å². The summed E-state index contributed by atoms with van der Waals surface area (Å²) in [4.78, 5) is 15.4. The molecule has 34 heavy (non-hydrogen) atoms. The lowest BCUT2D eigenvalue weighted by Crippen LogP contribution is -2.26. The van der Waals surface area contributed by atoms with Crippen molar-refractivity contribution in [3.63, 3.8) is 0 Å². The van der Waals surface area contributed by atoms with Gasteiger partial charge in [0.2, 0.25) is 11.8 Å². The number of aryl methyl sites for hydroxylation is 1. The van der Waals surface area contributed by atoms with Crippen LogP contribution in [0.25, 0.3) is 0 Å². The highest BCUT2D eigenvalue weighted by atomic mass is 16.5. The van der Waals surface area contributed by atoms with Crippen LogP contribution in [0.1, 0.15) is 51.1 Å². The van der Waals surface area contributed by atoms with Crippen molar-refractivity contribution in [1.29, 1.82) is 0 Å². The van der Waals surface area contributed by atoms with Crippen molar-refractivity contribution in [2.45, 2.75) is 31.3 Å². The number of nitrogens with one attached hydrogen (secondary N) is 1. The predicted molar refractivity (Wildman–Crippen MR) is 133 cm³/mol. The molecule has 5 heteroatoms. The van der Waals surface area contributed by atoms with Crippen molar-refractivity contribution in [2.75, 3.05) is 0 Å². The molecule has 3 aromatic carbocycles. The molecule has 1 aromatic heterocycles. The van der Waals surface area contributed by atoms with Gasteiger partial charge in [0.1, 0.15) is 5.75 Å². The molecule has 5 rings (SSSR count). The number of rotatable bonds is 8. The van der Waals surface area contributed by atoms with Crippen LogP contribution in [0.15, 0.2) is 97.2 Å². The third kappa shape index (κ3) is 5.00. The maximum Gasteiger partial charge on any atom is 0.250 e. The molecule has 4 aromatic rings.